The van der Waals surface area contributed by atoms with Gasteiger partial charge in [-0.1, -0.05) is 20.8 Å². The quantitative estimate of drug-likeness (QED) is 0.671. The summed E-state index contributed by atoms with van der Waals surface area (Å²) in [6.45, 7) is 6.58. The maximum Gasteiger partial charge on any atom is 0.103 e. The number of thioether (sulfide) groups is 1. The van der Waals surface area contributed by atoms with E-state index in [1.807, 2.05) is 12.1 Å². The van der Waals surface area contributed by atoms with Crippen molar-refractivity contribution in [3.8, 4) is 0 Å². The maximum absolute atomic E-state index is 5.67. The number of anilines is 1. The molecule has 1 heterocycles. The number of nitrogens with zero attached hydrogens (tertiary/aromatic N) is 1. The van der Waals surface area contributed by atoms with Crippen molar-refractivity contribution in [2.75, 3.05) is 5.73 Å². The van der Waals surface area contributed by atoms with Crippen LogP contribution in [0.25, 0.3) is 0 Å². The van der Waals surface area contributed by atoms with Gasteiger partial charge in [0.25, 0.3) is 0 Å². The largest absolute Gasteiger partial charge is 0.399 e. The van der Waals surface area contributed by atoms with Crippen LogP contribution in [0.3, 0.4) is 0 Å². The van der Waals surface area contributed by atoms with Crippen molar-refractivity contribution in [1.29, 1.82) is 0 Å². The molecule has 0 bridgehead atoms. The number of hydrogen-bond donors (Lipinski definition) is 1. The van der Waals surface area contributed by atoms with Gasteiger partial charge >= 0.3 is 0 Å². The van der Waals surface area contributed by atoms with E-state index in [1.165, 1.54) is 15.6 Å². The van der Waals surface area contributed by atoms with Gasteiger partial charge in [-0.3, -0.25) is 0 Å². The van der Waals surface area contributed by atoms with Gasteiger partial charge in [-0.25, -0.2) is 4.98 Å². The second-order valence-electron chi connectivity index (χ2n) is 5.23. The van der Waals surface area contributed by atoms with Crippen LogP contribution in [-0.2, 0) is 11.2 Å². The van der Waals surface area contributed by atoms with Crippen LogP contribution in [0, 0.1) is 0 Å². The summed E-state index contributed by atoms with van der Waals surface area (Å²) in [4.78, 5) is 5.92. The van der Waals surface area contributed by atoms with Crippen molar-refractivity contribution in [3.63, 3.8) is 0 Å². The fourth-order valence-electron chi connectivity index (χ4n) is 1.43. The first-order valence-corrected chi connectivity index (χ1v) is 7.75. The van der Waals surface area contributed by atoms with Crippen molar-refractivity contribution in [2.24, 2.45) is 0 Å². The Morgan fingerprint density at radius 1 is 1.22 bits per heavy atom. The van der Waals surface area contributed by atoms with Gasteiger partial charge < -0.3 is 5.73 Å². The van der Waals surface area contributed by atoms with Gasteiger partial charge in [0.05, 0.1) is 11.4 Å². The number of aromatic nitrogens is 1. The highest BCUT2D eigenvalue weighted by Crippen LogP contribution is 2.28. The molecule has 18 heavy (non-hydrogen) atoms. The van der Waals surface area contributed by atoms with E-state index in [9.17, 15) is 0 Å². The molecule has 0 amide bonds. The molecule has 1 aromatic heterocycles. The van der Waals surface area contributed by atoms with Crippen molar-refractivity contribution in [3.05, 3.63) is 40.3 Å². The maximum atomic E-state index is 5.67. The summed E-state index contributed by atoms with van der Waals surface area (Å²) < 4.78 is 0. The molecule has 0 radical (unpaired) electrons. The van der Waals surface area contributed by atoms with E-state index in [0.29, 0.717) is 0 Å². The first-order chi connectivity index (χ1) is 8.45. The number of hydrogen-bond acceptors (Lipinski definition) is 4. The zero-order chi connectivity index (χ0) is 13.2. The number of rotatable bonds is 3. The molecule has 0 fully saturated rings. The van der Waals surface area contributed by atoms with Crippen LogP contribution in [0.15, 0.2) is 34.5 Å². The summed E-state index contributed by atoms with van der Waals surface area (Å²) in [5.41, 5.74) is 7.79. The average Bonchev–Trinajstić information content (AvgIpc) is 2.77. The van der Waals surface area contributed by atoms with Crippen LogP contribution in [0.5, 0.6) is 0 Å². The van der Waals surface area contributed by atoms with Crippen LogP contribution >= 0.6 is 23.1 Å². The predicted molar refractivity (Wildman–Crippen MR) is 81.2 cm³/mol. The Morgan fingerprint density at radius 3 is 2.44 bits per heavy atom. The Bertz CT molecular complexity index is 509. The molecule has 2 aromatic rings. The molecule has 0 spiro atoms. The van der Waals surface area contributed by atoms with Crippen LogP contribution < -0.4 is 5.73 Å². The van der Waals surface area contributed by atoms with Gasteiger partial charge in [0.15, 0.2) is 0 Å². The van der Waals surface area contributed by atoms with Crippen LogP contribution in [0.2, 0.25) is 0 Å². The number of nitrogens with two attached hydrogens (primary N) is 1. The molecule has 0 aliphatic carbocycles. The zero-order valence-corrected chi connectivity index (χ0v) is 12.6. The molecule has 2 rings (SSSR count). The molecule has 4 heteroatoms. The Kier molecular flexibility index (Phi) is 3.97. The van der Waals surface area contributed by atoms with Gasteiger partial charge in [0.1, 0.15) is 5.01 Å². The van der Waals surface area contributed by atoms with Crippen LogP contribution in [-0.4, -0.2) is 4.98 Å². The van der Waals surface area contributed by atoms with E-state index in [4.69, 9.17) is 5.73 Å². The normalized spacial score (nSPS) is 11.7. The molecule has 0 aliphatic heterocycles. The van der Waals surface area contributed by atoms with E-state index < -0.39 is 0 Å². The van der Waals surface area contributed by atoms with E-state index in [1.54, 1.807) is 23.1 Å². The number of benzene rings is 1. The van der Waals surface area contributed by atoms with E-state index in [-0.39, 0.29) is 5.41 Å². The van der Waals surface area contributed by atoms with Crippen molar-refractivity contribution in [2.45, 2.75) is 36.8 Å². The molecule has 0 aliphatic rings. The number of nitrogen functional groups attached to an aromatic ring is 1. The second kappa shape index (κ2) is 5.33. The third-order valence-corrected chi connectivity index (χ3v) is 4.62. The molecule has 96 valence electrons. The molecule has 0 saturated heterocycles. The van der Waals surface area contributed by atoms with Gasteiger partial charge in [-0.05, 0) is 24.3 Å². The standard InChI is InChI=1S/C14H18N2S2/c1-14(2,3)12-8-18-13(16-12)9-17-11-6-4-10(15)5-7-11/h4-8H,9,15H2,1-3H3. The fourth-order valence-corrected chi connectivity index (χ4v) is 3.37. The second-order valence-corrected chi connectivity index (χ2v) is 7.23. The lowest BCUT2D eigenvalue weighted by Gasteiger charge is -2.14. The first-order valence-electron chi connectivity index (χ1n) is 5.88. The third-order valence-electron chi connectivity index (χ3n) is 2.56. The van der Waals surface area contributed by atoms with Gasteiger partial charge in [0.2, 0.25) is 0 Å². The summed E-state index contributed by atoms with van der Waals surface area (Å²) >= 11 is 3.54. The summed E-state index contributed by atoms with van der Waals surface area (Å²) in [5, 5.41) is 3.35. The zero-order valence-electron chi connectivity index (χ0n) is 10.9. The average molecular weight is 278 g/mol. The smallest absolute Gasteiger partial charge is 0.103 e. The van der Waals surface area contributed by atoms with Crippen LogP contribution in [0.4, 0.5) is 5.69 Å². The van der Waals surface area contributed by atoms with E-state index >= 15 is 0 Å². The minimum atomic E-state index is 0.139. The van der Waals surface area contributed by atoms with Gasteiger partial charge in [-0.2, -0.15) is 0 Å². The Morgan fingerprint density at radius 2 is 1.89 bits per heavy atom. The number of thiazole rings is 1. The minimum absolute atomic E-state index is 0.139. The molecular weight excluding hydrogens is 260 g/mol. The Labute approximate surface area is 117 Å². The van der Waals surface area contributed by atoms with E-state index in [2.05, 4.69) is 43.3 Å². The molecular formula is C14H18N2S2. The van der Waals surface area contributed by atoms with E-state index in [0.717, 1.165) is 11.4 Å². The van der Waals surface area contributed by atoms with Crippen molar-refractivity contribution < 1.29 is 0 Å². The highest BCUT2D eigenvalue weighted by molar-refractivity contribution is 7.98. The SMILES string of the molecule is CC(C)(C)c1csc(CSc2ccc(N)cc2)n1. The lowest BCUT2D eigenvalue weighted by atomic mass is 9.93. The Balaban J connectivity index is 1.98. The molecule has 0 atom stereocenters. The lowest BCUT2D eigenvalue weighted by Crippen LogP contribution is -2.11. The molecule has 1 aromatic carbocycles. The van der Waals surface area contributed by atoms with Gasteiger partial charge in [0, 0.05) is 21.4 Å². The van der Waals surface area contributed by atoms with Crippen molar-refractivity contribution >= 4 is 28.8 Å². The molecule has 2 nitrogen and oxygen atoms in total. The predicted octanol–water partition coefficient (Wildman–Crippen LogP) is 4.32. The topological polar surface area (TPSA) is 38.9 Å². The summed E-state index contributed by atoms with van der Waals surface area (Å²) in [5.74, 6) is 0.921. The first kappa shape index (κ1) is 13.4. The monoisotopic (exact) mass is 278 g/mol. The minimum Gasteiger partial charge on any atom is -0.399 e. The lowest BCUT2D eigenvalue weighted by molar-refractivity contribution is 0.572. The summed E-state index contributed by atoms with van der Waals surface area (Å²) in [6.07, 6.45) is 0. The highest BCUT2D eigenvalue weighted by Gasteiger charge is 2.17. The fraction of sp³-hybridized carbons (Fsp3) is 0.357. The Hall–Kier alpha value is -1.00. The third kappa shape index (κ3) is 3.50. The van der Waals surface area contributed by atoms with Crippen LogP contribution in [0.1, 0.15) is 31.5 Å². The molecule has 0 saturated carbocycles. The highest BCUT2D eigenvalue weighted by atomic mass is 32.2. The van der Waals surface area contributed by atoms with Gasteiger partial charge in [-0.15, -0.1) is 23.1 Å². The summed E-state index contributed by atoms with van der Waals surface area (Å²) in [6, 6.07) is 7.98. The van der Waals surface area contributed by atoms with Crippen molar-refractivity contribution in [1.82, 2.24) is 4.98 Å². The summed E-state index contributed by atoms with van der Waals surface area (Å²) in [7, 11) is 0. The molecule has 0 unspecified atom stereocenters. The molecule has 2 N–H and O–H groups in total.